The van der Waals surface area contributed by atoms with Gasteiger partial charge in [-0.1, -0.05) is 15.9 Å². The predicted octanol–water partition coefficient (Wildman–Crippen LogP) is 4.05. The van der Waals surface area contributed by atoms with E-state index in [4.69, 9.17) is 9.47 Å². The van der Waals surface area contributed by atoms with Gasteiger partial charge >= 0.3 is 0 Å². The number of benzene rings is 1. The smallest absolute Gasteiger partial charge is 0.231 e. The molecule has 1 aromatic carbocycles. The van der Waals surface area contributed by atoms with Crippen LogP contribution in [0.1, 0.15) is 16.6 Å². The largest absolute Gasteiger partial charge is 0.454 e. The van der Waals surface area contributed by atoms with Crippen molar-refractivity contribution in [2.45, 2.75) is 11.0 Å². The van der Waals surface area contributed by atoms with Crippen molar-refractivity contribution in [2.24, 2.45) is 0 Å². The summed E-state index contributed by atoms with van der Waals surface area (Å²) in [6.45, 7) is 0.343. The summed E-state index contributed by atoms with van der Waals surface area (Å²) in [5.74, 6) is 4.23. The van der Waals surface area contributed by atoms with Gasteiger partial charge in [0.15, 0.2) is 11.5 Å². The third-order valence-corrected chi connectivity index (χ3v) is 6.24. The van der Waals surface area contributed by atoms with E-state index in [0.717, 1.165) is 16.0 Å². The highest BCUT2D eigenvalue weighted by Gasteiger charge is 2.23. The van der Waals surface area contributed by atoms with Crippen molar-refractivity contribution in [3.8, 4) is 11.5 Å². The molecule has 1 fully saturated rings. The lowest BCUT2D eigenvalue weighted by molar-refractivity contribution is 0.174. The molecule has 16 heavy (non-hydrogen) atoms. The van der Waals surface area contributed by atoms with Crippen molar-refractivity contribution in [3.05, 3.63) is 22.2 Å². The first-order valence-electron chi connectivity index (χ1n) is 5.17. The van der Waals surface area contributed by atoms with Gasteiger partial charge < -0.3 is 9.47 Å². The Bertz CT molecular complexity index is 405. The molecule has 0 atom stereocenters. The second-order valence-electron chi connectivity index (χ2n) is 3.65. The van der Waals surface area contributed by atoms with Crippen LogP contribution < -0.4 is 9.47 Å². The molecular weight excluding hydrogens is 308 g/mol. The summed E-state index contributed by atoms with van der Waals surface area (Å²) >= 11 is 7.65. The Morgan fingerprint density at radius 2 is 1.81 bits per heavy atom. The Kier molecular flexibility index (Phi) is 3.27. The van der Waals surface area contributed by atoms with Crippen molar-refractivity contribution >= 4 is 39.5 Å². The van der Waals surface area contributed by atoms with Crippen LogP contribution in [0.3, 0.4) is 0 Å². The second kappa shape index (κ2) is 4.70. The molecule has 0 saturated carbocycles. The van der Waals surface area contributed by atoms with E-state index < -0.39 is 0 Å². The van der Waals surface area contributed by atoms with E-state index in [2.05, 4.69) is 22.0 Å². The molecule has 0 N–H and O–H groups in total. The van der Waals surface area contributed by atoms with Crippen molar-refractivity contribution < 1.29 is 9.47 Å². The van der Waals surface area contributed by atoms with Gasteiger partial charge in [-0.2, -0.15) is 0 Å². The first-order valence-corrected chi connectivity index (χ1v) is 8.06. The van der Waals surface area contributed by atoms with E-state index >= 15 is 0 Å². The molecule has 2 nitrogen and oxygen atoms in total. The molecule has 0 aliphatic carbocycles. The molecule has 0 bridgehead atoms. The molecule has 5 heteroatoms. The molecule has 0 spiro atoms. The highest BCUT2D eigenvalue weighted by Crippen LogP contribution is 2.49. The maximum absolute atomic E-state index is 5.42. The molecule has 0 amide bonds. The second-order valence-corrected chi connectivity index (χ2v) is 7.23. The fourth-order valence-electron chi connectivity index (χ4n) is 1.78. The molecule has 3 rings (SSSR count). The molecule has 1 aromatic rings. The van der Waals surface area contributed by atoms with Crippen molar-refractivity contribution in [1.82, 2.24) is 0 Å². The minimum atomic E-state index is 0.343. The first-order chi connectivity index (χ1) is 7.84. The van der Waals surface area contributed by atoms with Gasteiger partial charge in [0.1, 0.15) is 0 Å². The topological polar surface area (TPSA) is 18.5 Å². The lowest BCUT2D eigenvalue weighted by Gasteiger charge is -2.22. The fraction of sp³-hybridized carbons (Fsp3) is 0.455. The van der Waals surface area contributed by atoms with E-state index in [1.54, 1.807) is 0 Å². The van der Waals surface area contributed by atoms with Crippen LogP contribution in [0.4, 0.5) is 0 Å². The Morgan fingerprint density at radius 3 is 2.56 bits per heavy atom. The number of halogens is 1. The molecule has 86 valence electrons. The van der Waals surface area contributed by atoms with Crippen LogP contribution in [-0.2, 0) is 0 Å². The third kappa shape index (κ3) is 2.05. The standard InChI is InChI=1S/C11H11BrO2S2/c12-8-5-10-9(13-6-14-10)4-7(8)11-15-2-1-3-16-11/h4-5,11H,1-3,6H2. The molecule has 0 unspecified atom stereocenters. The fourth-order valence-corrected chi connectivity index (χ4v) is 5.58. The number of thioether (sulfide) groups is 2. The third-order valence-electron chi connectivity index (χ3n) is 2.57. The Balaban J connectivity index is 1.94. The summed E-state index contributed by atoms with van der Waals surface area (Å²) in [4.78, 5) is 0. The van der Waals surface area contributed by atoms with Crippen LogP contribution in [0.25, 0.3) is 0 Å². The monoisotopic (exact) mass is 318 g/mol. The van der Waals surface area contributed by atoms with Gasteiger partial charge in [-0.15, -0.1) is 23.5 Å². The summed E-state index contributed by atoms with van der Waals surface area (Å²) < 4.78 is 12.4. The van der Waals surface area contributed by atoms with Crippen molar-refractivity contribution in [3.63, 3.8) is 0 Å². The van der Waals surface area contributed by atoms with Crippen LogP contribution in [0, 0.1) is 0 Å². The molecule has 2 heterocycles. The van der Waals surface area contributed by atoms with Gasteiger partial charge in [-0.05, 0) is 35.6 Å². The van der Waals surface area contributed by atoms with E-state index in [-0.39, 0.29) is 0 Å². The molecule has 0 radical (unpaired) electrons. The van der Waals surface area contributed by atoms with E-state index in [0.29, 0.717) is 11.4 Å². The molecule has 2 aliphatic heterocycles. The normalized spacial score (nSPS) is 20.1. The zero-order valence-corrected chi connectivity index (χ0v) is 11.8. The molecular formula is C11H11BrO2S2. The lowest BCUT2D eigenvalue weighted by Crippen LogP contribution is -2.01. The Morgan fingerprint density at radius 1 is 1.12 bits per heavy atom. The highest BCUT2D eigenvalue weighted by molar-refractivity contribution is 9.10. The van der Waals surface area contributed by atoms with E-state index in [9.17, 15) is 0 Å². The van der Waals surface area contributed by atoms with Gasteiger partial charge in [-0.3, -0.25) is 0 Å². The maximum Gasteiger partial charge on any atom is 0.231 e. The quantitative estimate of drug-likeness (QED) is 0.777. The van der Waals surface area contributed by atoms with Crippen LogP contribution >= 0.6 is 39.5 Å². The van der Waals surface area contributed by atoms with Crippen molar-refractivity contribution in [2.75, 3.05) is 18.3 Å². The molecule has 2 aliphatic rings. The van der Waals surface area contributed by atoms with Crippen LogP contribution in [0.5, 0.6) is 11.5 Å². The number of hydrogen-bond donors (Lipinski definition) is 0. The first kappa shape index (κ1) is 11.1. The lowest BCUT2D eigenvalue weighted by atomic mass is 10.2. The number of ether oxygens (including phenoxy) is 2. The number of hydrogen-bond acceptors (Lipinski definition) is 4. The predicted molar refractivity (Wildman–Crippen MR) is 72.5 cm³/mol. The van der Waals surface area contributed by atoms with Gasteiger partial charge in [0, 0.05) is 4.47 Å². The SMILES string of the molecule is Brc1cc2c(cc1C1SCCCS1)OCO2. The molecule has 0 aromatic heterocycles. The summed E-state index contributed by atoms with van der Waals surface area (Å²) in [5.41, 5.74) is 1.32. The minimum absolute atomic E-state index is 0.343. The summed E-state index contributed by atoms with van der Waals surface area (Å²) in [6.07, 6.45) is 1.31. The van der Waals surface area contributed by atoms with Crippen LogP contribution in [0.2, 0.25) is 0 Å². The van der Waals surface area contributed by atoms with Crippen LogP contribution in [0.15, 0.2) is 16.6 Å². The van der Waals surface area contributed by atoms with Gasteiger partial charge in [0.2, 0.25) is 6.79 Å². The maximum atomic E-state index is 5.42. The summed E-state index contributed by atoms with van der Waals surface area (Å²) in [6, 6.07) is 4.13. The van der Waals surface area contributed by atoms with Gasteiger partial charge in [0.05, 0.1) is 4.58 Å². The average Bonchev–Trinajstić information content (AvgIpc) is 2.76. The summed E-state index contributed by atoms with van der Waals surface area (Å²) in [5, 5.41) is 0. The highest BCUT2D eigenvalue weighted by atomic mass is 79.9. The summed E-state index contributed by atoms with van der Waals surface area (Å²) in [7, 11) is 0. The van der Waals surface area contributed by atoms with Gasteiger partial charge in [-0.25, -0.2) is 0 Å². The van der Waals surface area contributed by atoms with Crippen LogP contribution in [-0.4, -0.2) is 18.3 Å². The van der Waals surface area contributed by atoms with Crippen molar-refractivity contribution in [1.29, 1.82) is 0 Å². The van der Waals surface area contributed by atoms with Gasteiger partial charge in [0.25, 0.3) is 0 Å². The van der Waals surface area contributed by atoms with E-state index in [1.165, 1.54) is 23.5 Å². The zero-order valence-electron chi connectivity index (χ0n) is 8.57. The Hall–Kier alpha value is -0.000000000000000111. The van der Waals surface area contributed by atoms with E-state index in [1.807, 2.05) is 29.6 Å². The molecule has 1 saturated heterocycles. The number of rotatable bonds is 1. The zero-order chi connectivity index (χ0) is 11.0. The number of fused-ring (bicyclic) bond motifs is 1. The minimum Gasteiger partial charge on any atom is -0.454 e. The Labute approximate surface area is 112 Å². The average molecular weight is 319 g/mol.